The van der Waals surface area contributed by atoms with Crippen LogP contribution in [-0.2, 0) is 9.59 Å². The molecule has 0 saturated carbocycles. The molecule has 0 bridgehead atoms. The van der Waals surface area contributed by atoms with Crippen LogP contribution >= 0.6 is 11.8 Å². The van der Waals surface area contributed by atoms with E-state index in [1.165, 1.54) is 0 Å². The maximum atomic E-state index is 11.2. The summed E-state index contributed by atoms with van der Waals surface area (Å²) in [6, 6.07) is -0.0931. The zero-order valence-corrected chi connectivity index (χ0v) is 10.7. The highest BCUT2D eigenvalue weighted by molar-refractivity contribution is 7.99. The van der Waals surface area contributed by atoms with Crippen LogP contribution < -0.4 is 5.32 Å². The molecule has 0 aromatic carbocycles. The second kappa shape index (κ2) is 7.70. The van der Waals surface area contributed by atoms with E-state index in [9.17, 15) is 9.59 Å². The van der Waals surface area contributed by atoms with Crippen LogP contribution in [0, 0.1) is 0 Å². The number of amides is 1. The quantitative estimate of drug-likeness (QED) is 0.645. The van der Waals surface area contributed by atoms with Gasteiger partial charge in [-0.2, -0.15) is 11.8 Å². The largest absolute Gasteiger partial charge is 0.349 e. The van der Waals surface area contributed by atoms with Gasteiger partial charge in [-0.15, -0.1) is 0 Å². The minimum atomic E-state index is -0.0931. The molecule has 0 radical (unpaired) electrons. The number of thioether (sulfide) groups is 1. The third-order valence-corrected chi connectivity index (χ3v) is 3.14. The Hall–Kier alpha value is -0.550. The fraction of sp³-hybridized carbons (Fsp3) is 0.800. The number of nitrogens with one attached hydrogen (secondary N) is 1. The minimum Gasteiger partial charge on any atom is -0.349 e. The second-order valence-electron chi connectivity index (χ2n) is 3.56. The molecule has 4 nitrogen and oxygen atoms in total. The van der Waals surface area contributed by atoms with Crippen LogP contribution in [0.4, 0.5) is 0 Å². The van der Waals surface area contributed by atoms with E-state index in [1.807, 2.05) is 0 Å². The van der Waals surface area contributed by atoms with E-state index in [4.69, 9.17) is 0 Å². The van der Waals surface area contributed by atoms with Crippen LogP contribution in [0.25, 0.3) is 0 Å². The summed E-state index contributed by atoms with van der Waals surface area (Å²) in [5.41, 5.74) is 0. The van der Waals surface area contributed by atoms with Crippen molar-refractivity contribution in [2.45, 2.75) is 19.4 Å². The molecule has 0 aliphatic carbocycles. The molecule has 0 aromatic heterocycles. The Morgan fingerprint density at radius 1 is 1.40 bits per heavy atom. The molecule has 15 heavy (non-hydrogen) atoms. The van der Waals surface area contributed by atoms with Crippen molar-refractivity contribution in [3.63, 3.8) is 0 Å². The molecule has 0 rings (SSSR count). The first-order valence-corrected chi connectivity index (χ1v) is 6.10. The molecule has 0 aromatic rings. The molecular formula is C10H20N2O2S. The molecule has 1 amide bonds. The molecular weight excluding hydrogens is 212 g/mol. The van der Waals surface area contributed by atoms with E-state index in [0.29, 0.717) is 6.42 Å². The van der Waals surface area contributed by atoms with E-state index in [-0.39, 0.29) is 17.7 Å². The van der Waals surface area contributed by atoms with Gasteiger partial charge in [-0.1, -0.05) is 0 Å². The van der Waals surface area contributed by atoms with Crippen LogP contribution in [0.2, 0.25) is 0 Å². The van der Waals surface area contributed by atoms with Gasteiger partial charge < -0.3 is 10.2 Å². The number of likely N-dealkylation sites (N-methyl/N-ethyl adjacent to an activating group) is 1. The molecule has 1 atom stereocenters. The molecule has 1 N–H and O–H groups in total. The standard InChI is InChI=1S/C10H20N2O2S/c1-8(13)9(11-2)7-15-6-5-10(14)12(3)4/h9,11H,5-7H2,1-4H3. The Labute approximate surface area is 95.8 Å². The first-order valence-electron chi connectivity index (χ1n) is 4.94. The SMILES string of the molecule is CNC(CSCCC(=O)N(C)C)C(C)=O. The molecule has 0 fully saturated rings. The highest BCUT2D eigenvalue weighted by Crippen LogP contribution is 2.06. The van der Waals surface area contributed by atoms with E-state index in [2.05, 4.69) is 5.32 Å². The van der Waals surface area contributed by atoms with Gasteiger partial charge in [0, 0.05) is 32.0 Å². The lowest BCUT2D eigenvalue weighted by molar-refractivity contribution is -0.128. The maximum absolute atomic E-state index is 11.2. The lowest BCUT2D eigenvalue weighted by Gasteiger charge is -2.13. The van der Waals surface area contributed by atoms with Crippen molar-refractivity contribution in [2.75, 3.05) is 32.6 Å². The van der Waals surface area contributed by atoms with Crippen molar-refractivity contribution < 1.29 is 9.59 Å². The van der Waals surface area contributed by atoms with Gasteiger partial charge in [0.15, 0.2) is 0 Å². The zero-order chi connectivity index (χ0) is 11.8. The molecule has 0 spiro atoms. The van der Waals surface area contributed by atoms with Crippen molar-refractivity contribution in [1.29, 1.82) is 0 Å². The predicted molar refractivity (Wildman–Crippen MR) is 64.2 cm³/mol. The van der Waals surface area contributed by atoms with Gasteiger partial charge in [0.05, 0.1) is 6.04 Å². The summed E-state index contributed by atoms with van der Waals surface area (Å²) in [5.74, 6) is 1.77. The van der Waals surface area contributed by atoms with Gasteiger partial charge in [0.2, 0.25) is 5.91 Å². The Balaban J connectivity index is 3.61. The van der Waals surface area contributed by atoms with Crippen LogP contribution in [0.5, 0.6) is 0 Å². The van der Waals surface area contributed by atoms with Crippen LogP contribution in [-0.4, -0.2) is 55.3 Å². The summed E-state index contributed by atoms with van der Waals surface area (Å²) in [6.45, 7) is 1.58. The first kappa shape index (κ1) is 14.5. The lowest BCUT2D eigenvalue weighted by atomic mass is 10.2. The highest BCUT2D eigenvalue weighted by atomic mass is 32.2. The Bertz CT molecular complexity index is 219. The Kier molecular flexibility index (Phi) is 7.42. The smallest absolute Gasteiger partial charge is 0.222 e. The van der Waals surface area contributed by atoms with Gasteiger partial charge in [-0.05, 0) is 14.0 Å². The molecule has 1 unspecified atom stereocenters. The molecule has 0 heterocycles. The number of carbonyl (C=O) groups is 2. The number of hydrogen-bond acceptors (Lipinski definition) is 4. The fourth-order valence-electron chi connectivity index (χ4n) is 0.988. The minimum absolute atomic E-state index is 0.0931. The van der Waals surface area contributed by atoms with Gasteiger partial charge >= 0.3 is 0 Å². The van der Waals surface area contributed by atoms with Crippen molar-refractivity contribution in [3.8, 4) is 0 Å². The van der Waals surface area contributed by atoms with E-state index in [0.717, 1.165) is 11.5 Å². The molecule has 0 aliphatic rings. The molecule has 88 valence electrons. The predicted octanol–water partition coefficient (Wildman–Crippen LogP) is 0.375. The summed E-state index contributed by atoms with van der Waals surface area (Å²) < 4.78 is 0. The van der Waals surface area contributed by atoms with Gasteiger partial charge in [-0.25, -0.2) is 0 Å². The Morgan fingerprint density at radius 2 is 2.00 bits per heavy atom. The monoisotopic (exact) mass is 232 g/mol. The van der Waals surface area contributed by atoms with Crippen molar-refractivity contribution in [3.05, 3.63) is 0 Å². The van der Waals surface area contributed by atoms with Crippen LogP contribution in [0.1, 0.15) is 13.3 Å². The summed E-state index contributed by atoms with van der Waals surface area (Å²) in [6.07, 6.45) is 0.534. The third kappa shape index (κ3) is 6.52. The lowest BCUT2D eigenvalue weighted by Crippen LogP contribution is -2.34. The number of ketones is 1. The van der Waals surface area contributed by atoms with Crippen molar-refractivity contribution >= 4 is 23.5 Å². The van der Waals surface area contributed by atoms with E-state index in [1.54, 1.807) is 44.7 Å². The summed E-state index contributed by atoms with van der Waals surface area (Å²) >= 11 is 1.63. The van der Waals surface area contributed by atoms with Crippen LogP contribution in [0.15, 0.2) is 0 Å². The topological polar surface area (TPSA) is 49.4 Å². The van der Waals surface area contributed by atoms with Crippen molar-refractivity contribution in [1.82, 2.24) is 10.2 Å². The number of nitrogens with zero attached hydrogens (tertiary/aromatic N) is 1. The van der Waals surface area contributed by atoms with Crippen molar-refractivity contribution in [2.24, 2.45) is 0 Å². The van der Waals surface area contributed by atoms with E-state index >= 15 is 0 Å². The number of Topliss-reactive ketones (excluding diaryl/α,β-unsaturated/α-hetero) is 1. The zero-order valence-electron chi connectivity index (χ0n) is 9.87. The summed E-state index contributed by atoms with van der Waals surface area (Å²) in [5, 5.41) is 2.95. The normalized spacial score (nSPS) is 12.3. The number of hydrogen-bond donors (Lipinski definition) is 1. The summed E-state index contributed by atoms with van der Waals surface area (Å²) in [7, 11) is 5.27. The van der Waals surface area contributed by atoms with E-state index < -0.39 is 0 Å². The van der Waals surface area contributed by atoms with Gasteiger partial charge in [0.1, 0.15) is 5.78 Å². The van der Waals surface area contributed by atoms with Gasteiger partial charge in [-0.3, -0.25) is 9.59 Å². The Morgan fingerprint density at radius 3 is 2.40 bits per heavy atom. The molecule has 5 heteroatoms. The highest BCUT2D eigenvalue weighted by Gasteiger charge is 2.11. The second-order valence-corrected chi connectivity index (χ2v) is 4.71. The molecule has 0 aliphatic heterocycles. The maximum Gasteiger partial charge on any atom is 0.222 e. The molecule has 0 saturated heterocycles. The average molecular weight is 232 g/mol. The first-order chi connectivity index (χ1) is 6.99. The number of carbonyl (C=O) groups excluding carboxylic acids is 2. The number of rotatable bonds is 7. The van der Waals surface area contributed by atoms with Crippen LogP contribution in [0.3, 0.4) is 0 Å². The summed E-state index contributed by atoms with van der Waals surface area (Å²) in [4.78, 5) is 23.9. The average Bonchev–Trinajstić information content (AvgIpc) is 2.16. The fourth-order valence-corrected chi connectivity index (χ4v) is 2.11. The third-order valence-electron chi connectivity index (χ3n) is 2.08. The van der Waals surface area contributed by atoms with Gasteiger partial charge in [0.25, 0.3) is 0 Å².